The molecule has 1 heterocycles. The smallest absolute Gasteiger partial charge is 0.248 e. The normalized spacial score (nSPS) is 15.1. The number of rotatable bonds is 6. The first-order chi connectivity index (χ1) is 13.3. The van der Waals surface area contributed by atoms with E-state index in [9.17, 15) is 0 Å². The lowest BCUT2D eigenvalue weighted by Crippen LogP contribution is -2.04. The van der Waals surface area contributed by atoms with Crippen LogP contribution in [0.3, 0.4) is 0 Å². The summed E-state index contributed by atoms with van der Waals surface area (Å²) >= 11 is 0. The first-order valence-corrected chi connectivity index (χ1v) is 9.52. The molecule has 0 unspecified atom stereocenters. The van der Waals surface area contributed by atoms with Gasteiger partial charge in [-0.3, -0.25) is 0 Å². The Morgan fingerprint density at radius 2 is 1.44 bits per heavy atom. The van der Waals surface area contributed by atoms with E-state index in [0.717, 1.165) is 16.7 Å². The van der Waals surface area contributed by atoms with E-state index in [0.29, 0.717) is 24.3 Å². The summed E-state index contributed by atoms with van der Waals surface area (Å²) < 4.78 is 5.88. The van der Waals surface area contributed by atoms with Gasteiger partial charge in [-0.1, -0.05) is 43.5 Å². The zero-order chi connectivity index (χ0) is 18.5. The molecule has 27 heavy (non-hydrogen) atoms. The lowest BCUT2D eigenvalue weighted by atomic mass is 9.84. The average molecular weight is 364 g/mol. The number of hydrogen-bond donors (Lipinski definition) is 0. The Hall–Kier alpha value is -2.50. The predicted octanol–water partition coefficient (Wildman–Crippen LogP) is 5.53. The summed E-state index contributed by atoms with van der Waals surface area (Å²) in [5, 5.41) is 8.41. The standard InChI is InChI=1S/C22H24N2O3/c1-25-26-15-16-7-9-19(10-8-16)21-23-24-22(27-21)20-13-11-18(12-14-20)17-5-3-2-4-6-17/h7-14,17H,2-6,15H2,1H3. The molecule has 5 nitrogen and oxygen atoms in total. The van der Waals surface area contributed by atoms with E-state index in [2.05, 4.69) is 39.4 Å². The highest BCUT2D eigenvalue weighted by Gasteiger charge is 2.16. The number of aromatic nitrogens is 2. The van der Waals surface area contributed by atoms with Crippen molar-refractivity contribution in [3.8, 4) is 22.9 Å². The largest absolute Gasteiger partial charge is 0.416 e. The molecule has 0 bridgehead atoms. The summed E-state index contributed by atoms with van der Waals surface area (Å²) in [6.45, 7) is 0.402. The van der Waals surface area contributed by atoms with Gasteiger partial charge in [0.25, 0.3) is 0 Å². The van der Waals surface area contributed by atoms with Crippen molar-refractivity contribution in [1.82, 2.24) is 10.2 Å². The van der Waals surface area contributed by atoms with Crippen LogP contribution in [0, 0.1) is 0 Å². The average Bonchev–Trinajstić information content (AvgIpc) is 3.24. The molecule has 0 aliphatic heterocycles. The molecule has 1 aliphatic carbocycles. The second-order valence-corrected chi connectivity index (χ2v) is 7.00. The summed E-state index contributed by atoms with van der Waals surface area (Å²) in [4.78, 5) is 9.55. The minimum Gasteiger partial charge on any atom is -0.416 e. The van der Waals surface area contributed by atoms with Gasteiger partial charge in [-0.25, -0.2) is 9.78 Å². The minimum atomic E-state index is 0.402. The van der Waals surface area contributed by atoms with Crippen LogP contribution in [0.15, 0.2) is 52.9 Å². The van der Waals surface area contributed by atoms with Gasteiger partial charge in [0.05, 0.1) is 7.11 Å². The second kappa shape index (κ2) is 8.46. The maximum atomic E-state index is 5.88. The van der Waals surface area contributed by atoms with Gasteiger partial charge in [-0.2, -0.15) is 0 Å². The summed E-state index contributed by atoms with van der Waals surface area (Å²) in [6, 6.07) is 16.4. The zero-order valence-electron chi connectivity index (χ0n) is 15.6. The Morgan fingerprint density at radius 1 is 0.852 bits per heavy atom. The van der Waals surface area contributed by atoms with E-state index < -0.39 is 0 Å². The maximum Gasteiger partial charge on any atom is 0.248 e. The Balaban J connectivity index is 1.47. The lowest BCUT2D eigenvalue weighted by Gasteiger charge is -2.21. The van der Waals surface area contributed by atoms with Crippen molar-refractivity contribution in [3.05, 3.63) is 59.7 Å². The molecule has 0 amide bonds. The molecule has 140 valence electrons. The first-order valence-electron chi connectivity index (χ1n) is 9.52. The quantitative estimate of drug-likeness (QED) is 0.425. The minimum absolute atomic E-state index is 0.402. The number of nitrogens with zero attached hydrogens (tertiary/aromatic N) is 2. The Kier molecular flexibility index (Phi) is 5.61. The van der Waals surface area contributed by atoms with E-state index in [4.69, 9.17) is 9.30 Å². The molecule has 0 spiro atoms. The molecule has 2 aromatic carbocycles. The topological polar surface area (TPSA) is 57.4 Å². The third-order valence-corrected chi connectivity index (χ3v) is 5.20. The molecule has 1 fully saturated rings. The molecule has 0 atom stereocenters. The first kappa shape index (κ1) is 17.9. The van der Waals surface area contributed by atoms with Crippen LogP contribution < -0.4 is 0 Å². The molecule has 1 aliphatic rings. The molecule has 0 N–H and O–H groups in total. The van der Waals surface area contributed by atoms with Crippen LogP contribution in [0.5, 0.6) is 0 Å². The van der Waals surface area contributed by atoms with Gasteiger partial charge in [-0.15, -0.1) is 10.2 Å². The van der Waals surface area contributed by atoms with Gasteiger partial charge in [0.1, 0.15) is 6.61 Å². The van der Waals surface area contributed by atoms with Crippen molar-refractivity contribution in [2.24, 2.45) is 0 Å². The molecule has 4 rings (SSSR count). The fourth-order valence-electron chi connectivity index (χ4n) is 3.66. The van der Waals surface area contributed by atoms with Gasteiger partial charge < -0.3 is 4.42 Å². The number of hydrogen-bond acceptors (Lipinski definition) is 5. The number of benzene rings is 2. The Labute approximate surface area is 159 Å². The zero-order valence-corrected chi connectivity index (χ0v) is 15.6. The third-order valence-electron chi connectivity index (χ3n) is 5.20. The fourth-order valence-corrected chi connectivity index (χ4v) is 3.66. The van der Waals surface area contributed by atoms with Gasteiger partial charge in [0.15, 0.2) is 0 Å². The fraction of sp³-hybridized carbons (Fsp3) is 0.364. The van der Waals surface area contributed by atoms with E-state index in [1.807, 2.05) is 24.3 Å². The van der Waals surface area contributed by atoms with Crippen molar-refractivity contribution < 1.29 is 14.2 Å². The Morgan fingerprint density at radius 3 is 2.04 bits per heavy atom. The monoisotopic (exact) mass is 364 g/mol. The second-order valence-electron chi connectivity index (χ2n) is 7.00. The molecule has 1 saturated carbocycles. The van der Waals surface area contributed by atoms with Crippen molar-refractivity contribution in [3.63, 3.8) is 0 Å². The van der Waals surface area contributed by atoms with E-state index in [-0.39, 0.29) is 0 Å². The summed E-state index contributed by atoms with van der Waals surface area (Å²) in [5.41, 5.74) is 4.28. The summed E-state index contributed by atoms with van der Waals surface area (Å²) in [7, 11) is 1.50. The van der Waals surface area contributed by atoms with E-state index in [1.54, 1.807) is 0 Å². The van der Waals surface area contributed by atoms with Crippen LogP contribution in [0.1, 0.15) is 49.1 Å². The molecule has 1 aromatic heterocycles. The van der Waals surface area contributed by atoms with Crippen LogP contribution in [0.2, 0.25) is 0 Å². The van der Waals surface area contributed by atoms with E-state index >= 15 is 0 Å². The van der Waals surface area contributed by atoms with E-state index in [1.165, 1.54) is 44.8 Å². The molecular weight excluding hydrogens is 340 g/mol. The predicted molar refractivity (Wildman–Crippen MR) is 103 cm³/mol. The highest BCUT2D eigenvalue weighted by molar-refractivity contribution is 5.58. The van der Waals surface area contributed by atoms with Gasteiger partial charge >= 0.3 is 0 Å². The molecular formula is C22H24N2O3. The van der Waals surface area contributed by atoms with Crippen LogP contribution in [-0.4, -0.2) is 17.3 Å². The van der Waals surface area contributed by atoms with Crippen LogP contribution in [0.4, 0.5) is 0 Å². The molecule has 5 heteroatoms. The maximum absolute atomic E-state index is 5.88. The summed E-state index contributed by atoms with van der Waals surface area (Å²) in [6.07, 6.45) is 6.66. The molecule has 3 aromatic rings. The highest BCUT2D eigenvalue weighted by Crippen LogP contribution is 2.33. The lowest BCUT2D eigenvalue weighted by molar-refractivity contribution is -0.282. The van der Waals surface area contributed by atoms with Crippen molar-refractivity contribution in [2.75, 3.05) is 7.11 Å². The van der Waals surface area contributed by atoms with Crippen molar-refractivity contribution >= 4 is 0 Å². The summed E-state index contributed by atoms with van der Waals surface area (Å²) in [5.74, 6) is 1.76. The Bertz CT molecular complexity index is 850. The van der Waals surface area contributed by atoms with Gasteiger partial charge in [-0.05, 0) is 54.2 Å². The molecule has 0 radical (unpaired) electrons. The van der Waals surface area contributed by atoms with Crippen LogP contribution in [-0.2, 0) is 16.4 Å². The third kappa shape index (κ3) is 4.26. The molecule has 0 saturated heterocycles. The van der Waals surface area contributed by atoms with Crippen LogP contribution in [0.25, 0.3) is 22.9 Å². The van der Waals surface area contributed by atoms with Crippen LogP contribution >= 0.6 is 0 Å². The van der Waals surface area contributed by atoms with Gasteiger partial charge in [0, 0.05) is 11.1 Å². The van der Waals surface area contributed by atoms with Crippen molar-refractivity contribution in [1.29, 1.82) is 0 Å². The van der Waals surface area contributed by atoms with Gasteiger partial charge in [0.2, 0.25) is 11.8 Å². The highest BCUT2D eigenvalue weighted by atomic mass is 17.2. The van der Waals surface area contributed by atoms with Crippen molar-refractivity contribution in [2.45, 2.75) is 44.6 Å². The SMILES string of the molecule is COOCc1ccc(-c2nnc(-c3ccc(C4CCCCC4)cc3)o2)cc1.